The fraction of sp³-hybridized carbons (Fsp3) is 0.235. The highest BCUT2D eigenvalue weighted by Crippen LogP contribution is 2.20. The lowest BCUT2D eigenvalue weighted by Gasteiger charge is -2.33. The van der Waals surface area contributed by atoms with Crippen LogP contribution >= 0.6 is 11.6 Å². The van der Waals surface area contributed by atoms with Crippen LogP contribution < -0.4 is 10.2 Å². The molecule has 1 aromatic carbocycles. The molecule has 6 nitrogen and oxygen atoms in total. The van der Waals surface area contributed by atoms with E-state index < -0.39 is 11.7 Å². The van der Waals surface area contributed by atoms with E-state index in [2.05, 4.69) is 15.2 Å². The molecule has 1 fully saturated rings. The predicted molar refractivity (Wildman–Crippen MR) is 93.5 cm³/mol. The Hall–Kier alpha value is -2.67. The zero-order valence-corrected chi connectivity index (χ0v) is 14.0. The smallest absolute Gasteiger partial charge is 0.274 e. The van der Waals surface area contributed by atoms with Gasteiger partial charge in [0.1, 0.15) is 11.5 Å². The van der Waals surface area contributed by atoms with Gasteiger partial charge in [0, 0.05) is 31.9 Å². The third kappa shape index (κ3) is 4.06. The SMILES string of the molecule is O=CN1CCN(c2ccc(C(=O)Nc3ccc(F)c(Cl)c3)nc2)CC1. The summed E-state index contributed by atoms with van der Waals surface area (Å²) < 4.78 is 13.1. The highest BCUT2D eigenvalue weighted by atomic mass is 35.5. The molecule has 2 amide bonds. The summed E-state index contributed by atoms with van der Waals surface area (Å²) in [6.45, 7) is 2.77. The Kier molecular flexibility index (Phi) is 5.14. The number of benzene rings is 1. The molecular weight excluding hydrogens is 347 g/mol. The predicted octanol–water partition coefficient (Wildman–Crippen LogP) is 2.40. The molecule has 0 bridgehead atoms. The van der Waals surface area contributed by atoms with Crippen molar-refractivity contribution < 1.29 is 14.0 Å². The zero-order valence-electron chi connectivity index (χ0n) is 13.3. The highest BCUT2D eigenvalue weighted by molar-refractivity contribution is 6.31. The van der Waals surface area contributed by atoms with Crippen molar-refractivity contribution in [2.75, 3.05) is 36.4 Å². The summed E-state index contributed by atoms with van der Waals surface area (Å²) in [6.07, 6.45) is 2.48. The van der Waals surface area contributed by atoms with E-state index in [1.807, 2.05) is 6.07 Å². The minimum absolute atomic E-state index is 0.0597. The van der Waals surface area contributed by atoms with Crippen LogP contribution in [0.3, 0.4) is 0 Å². The van der Waals surface area contributed by atoms with E-state index >= 15 is 0 Å². The monoisotopic (exact) mass is 362 g/mol. The van der Waals surface area contributed by atoms with Gasteiger partial charge in [-0.05, 0) is 30.3 Å². The molecule has 0 aliphatic carbocycles. The molecule has 0 saturated carbocycles. The Bertz CT molecular complexity index is 777. The Balaban J connectivity index is 1.64. The number of carbonyl (C=O) groups excluding carboxylic acids is 2. The topological polar surface area (TPSA) is 65.5 Å². The van der Waals surface area contributed by atoms with E-state index in [4.69, 9.17) is 11.6 Å². The standard InChI is InChI=1S/C17H16ClFN4O2/c18-14-9-12(1-3-15(14)19)21-17(25)16-4-2-13(10-20-16)23-7-5-22(11-24)6-8-23/h1-4,9-11H,5-8H2,(H,21,25). The first-order chi connectivity index (χ1) is 12.1. The van der Waals surface area contributed by atoms with Gasteiger partial charge in [-0.25, -0.2) is 9.37 Å². The molecular formula is C17H16ClFN4O2. The van der Waals surface area contributed by atoms with Gasteiger partial charge in [0.2, 0.25) is 6.41 Å². The summed E-state index contributed by atoms with van der Waals surface area (Å²) in [7, 11) is 0. The van der Waals surface area contributed by atoms with Gasteiger partial charge in [-0.3, -0.25) is 9.59 Å². The number of piperazine rings is 1. The molecule has 1 aliphatic heterocycles. The molecule has 1 N–H and O–H groups in total. The second-order valence-electron chi connectivity index (χ2n) is 5.61. The van der Waals surface area contributed by atoms with Crippen LogP contribution in [0.5, 0.6) is 0 Å². The van der Waals surface area contributed by atoms with Crippen LogP contribution in [0.4, 0.5) is 15.8 Å². The number of pyridine rings is 1. The number of hydrogen-bond donors (Lipinski definition) is 1. The fourth-order valence-corrected chi connectivity index (χ4v) is 2.74. The van der Waals surface area contributed by atoms with E-state index in [0.717, 1.165) is 25.2 Å². The van der Waals surface area contributed by atoms with Crippen molar-refractivity contribution in [2.24, 2.45) is 0 Å². The third-order valence-corrected chi connectivity index (χ3v) is 4.28. The largest absolute Gasteiger partial charge is 0.367 e. The number of hydrogen-bond acceptors (Lipinski definition) is 4. The zero-order chi connectivity index (χ0) is 17.8. The summed E-state index contributed by atoms with van der Waals surface area (Å²) in [5.74, 6) is -0.947. The van der Waals surface area contributed by atoms with Crippen LogP contribution in [0.15, 0.2) is 36.5 Å². The number of anilines is 2. The number of nitrogens with zero attached hydrogens (tertiary/aromatic N) is 3. The quantitative estimate of drug-likeness (QED) is 0.848. The molecule has 0 spiro atoms. The Labute approximate surface area is 149 Å². The lowest BCUT2D eigenvalue weighted by Crippen LogP contribution is -2.45. The Morgan fingerprint density at radius 2 is 1.96 bits per heavy atom. The number of aromatic nitrogens is 1. The maximum atomic E-state index is 13.1. The van der Waals surface area contributed by atoms with Crippen molar-refractivity contribution in [2.45, 2.75) is 0 Å². The van der Waals surface area contributed by atoms with E-state index in [9.17, 15) is 14.0 Å². The van der Waals surface area contributed by atoms with Crippen molar-refractivity contribution in [3.8, 4) is 0 Å². The van der Waals surface area contributed by atoms with Crippen molar-refractivity contribution >= 4 is 35.3 Å². The summed E-state index contributed by atoms with van der Waals surface area (Å²) in [4.78, 5) is 31.0. The highest BCUT2D eigenvalue weighted by Gasteiger charge is 2.16. The van der Waals surface area contributed by atoms with Gasteiger partial charge < -0.3 is 15.1 Å². The number of carbonyl (C=O) groups is 2. The van der Waals surface area contributed by atoms with Gasteiger partial charge in [0.15, 0.2) is 0 Å². The number of rotatable bonds is 4. The van der Waals surface area contributed by atoms with E-state index in [-0.39, 0.29) is 10.7 Å². The number of amides is 2. The first-order valence-electron chi connectivity index (χ1n) is 7.73. The lowest BCUT2D eigenvalue weighted by atomic mass is 10.2. The fourth-order valence-electron chi connectivity index (χ4n) is 2.56. The van der Waals surface area contributed by atoms with E-state index in [1.165, 1.54) is 18.2 Å². The second kappa shape index (κ2) is 7.48. The number of halogens is 2. The van der Waals surface area contributed by atoms with Crippen LogP contribution in [0.1, 0.15) is 10.5 Å². The number of nitrogens with one attached hydrogen (secondary N) is 1. The molecule has 0 atom stereocenters. The van der Waals surface area contributed by atoms with Crippen molar-refractivity contribution in [1.29, 1.82) is 0 Å². The molecule has 0 radical (unpaired) electrons. The molecule has 8 heteroatoms. The molecule has 3 rings (SSSR count). The normalized spacial score (nSPS) is 14.3. The minimum Gasteiger partial charge on any atom is -0.367 e. The van der Waals surface area contributed by atoms with E-state index in [1.54, 1.807) is 17.2 Å². The maximum Gasteiger partial charge on any atom is 0.274 e. The van der Waals surface area contributed by atoms with Gasteiger partial charge in [0.05, 0.1) is 16.9 Å². The van der Waals surface area contributed by atoms with Crippen LogP contribution in [-0.4, -0.2) is 48.4 Å². The molecule has 1 saturated heterocycles. The summed E-state index contributed by atoms with van der Waals surface area (Å²) >= 11 is 5.70. The molecule has 1 aliphatic rings. The molecule has 25 heavy (non-hydrogen) atoms. The van der Waals surface area contributed by atoms with Gasteiger partial charge in [-0.15, -0.1) is 0 Å². The summed E-state index contributed by atoms with van der Waals surface area (Å²) in [6, 6.07) is 7.40. The van der Waals surface area contributed by atoms with Gasteiger partial charge in [0.25, 0.3) is 5.91 Å². The third-order valence-electron chi connectivity index (χ3n) is 3.99. The van der Waals surface area contributed by atoms with Crippen molar-refractivity contribution in [3.63, 3.8) is 0 Å². The summed E-state index contributed by atoms with van der Waals surface area (Å²) in [5.41, 5.74) is 1.54. The van der Waals surface area contributed by atoms with Crippen molar-refractivity contribution in [3.05, 3.63) is 53.1 Å². The van der Waals surface area contributed by atoms with Crippen LogP contribution in [-0.2, 0) is 4.79 Å². The Morgan fingerprint density at radius 1 is 1.20 bits per heavy atom. The van der Waals surface area contributed by atoms with Gasteiger partial charge in [-0.1, -0.05) is 11.6 Å². The van der Waals surface area contributed by atoms with Crippen molar-refractivity contribution in [1.82, 2.24) is 9.88 Å². The van der Waals surface area contributed by atoms with Crippen LogP contribution in [0.2, 0.25) is 5.02 Å². The average Bonchev–Trinajstić information content (AvgIpc) is 2.65. The molecule has 0 unspecified atom stereocenters. The lowest BCUT2D eigenvalue weighted by molar-refractivity contribution is -0.118. The van der Waals surface area contributed by atoms with E-state index in [0.29, 0.717) is 18.8 Å². The molecule has 1 aromatic heterocycles. The van der Waals surface area contributed by atoms with Gasteiger partial charge >= 0.3 is 0 Å². The minimum atomic E-state index is -0.545. The average molecular weight is 363 g/mol. The first kappa shape index (κ1) is 17.2. The summed E-state index contributed by atoms with van der Waals surface area (Å²) in [5, 5.41) is 2.57. The van der Waals surface area contributed by atoms with Crippen LogP contribution in [0, 0.1) is 5.82 Å². The first-order valence-corrected chi connectivity index (χ1v) is 8.11. The molecule has 2 heterocycles. The molecule has 130 valence electrons. The Morgan fingerprint density at radius 3 is 2.56 bits per heavy atom. The van der Waals surface area contributed by atoms with Crippen LogP contribution in [0.25, 0.3) is 0 Å². The maximum absolute atomic E-state index is 13.1. The second-order valence-corrected chi connectivity index (χ2v) is 6.02. The van der Waals surface area contributed by atoms with Gasteiger partial charge in [-0.2, -0.15) is 0 Å². The molecule has 2 aromatic rings.